The first-order valence-corrected chi connectivity index (χ1v) is 4.63. The van der Waals surface area contributed by atoms with Gasteiger partial charge in [-0.05, 0) is 19.1 Å². The van der Waals surface area contributed by atoms with Gasteiger partial charge >= 0.3 is 5.97 Å². The maximum Gasteiger partial charge on any atom is 0.325 e. The molecule has 0 aliphatic rings. The molecule has 0 aliphatic carbocycles. The largest absolute Gasteiger partial charge is 0.480 e. The van der Waals surface area contributed by atoms with Gasteiger partial charge in [-0.15, -0.1) is 0 Å². The van der Waals surface area contributed by atoms with Crippen molar-refractivity contribution >= 4 is 11.9 Å². The molecule has 1 aromatic heterocycles. The van der Waals surface area contributed by atoms with Gasteiger partial charge in [0.1, 0.15) is 11.6 Å². The SMILES string of the molecule is CC(NC(=O)c1cccn(C)c1=O)C(=O)O. The average molecular weight is 224 g/mol. The molecule has 0 fully saturated rings. The van der Waals surface area contributed by atoms with Gasteiger partial charge in [-0.2, -0.15) is 0 Å². The molecular weight excluding hydrogens is 212 g/mol. The van der Waals surface area contributed by atoms with E-state index in [1.807, 2.05) is 0 Å². The van der Waals surface area contributed by atoms with E-state index in [1.54, 1.807) is 6.07 Å². The molecule has 0 saturated heterocycles. The lowest BCUT2D eigenvalue weighted by atomic mass is 10.2. The van der Waals surface area contributed by atoms with Crippen LogP contribution in [0.3, 0.4) is 0 Å². The number of amides is 1. The summed E-state index contributed by atoms with van der Waals surface area (Å²) in [7, 11) is 1.51. The molecule has 1 rings (SSSR count). The van der Waals surface area contributed by atoms with Crippen LogP contribution in [0, 0.1) is 0 Å². The van der Waals surface area contributed by atoms with Crippen LogP contribution in [0.1, 0.15) is 17.3 Å². The van der Waals surface area contributed by atoms with E-state index < -0.39 is 23.5 Å². The Morgan fingerprint density at radius 1 is 1.50 bits per heavy atom. The van der Waals surface area contributed by atoms with Crippen LogP contribution in [0.2, 0.25) is 0 Å². The number of aliphatic carboxylic acids is 1. The highest BCUT2D eigenvalue weighted by atomic mass is 16.4. The van der Waals surface area contributed by atoms with Crippen LogP contribution >= 0.6 is 0 Å². The summed E-state index contributed by atoms with van der Waals surface area (Å²) in [5.74, 6) is -1.84. The molecule has 1 aromatic rings. The van der Waals surface area contributed by atoms with Crippen LogP contribution in [0.15, 0.2) is 23.1 Å². The number of nitrogens with one attached hydrogen (secondary N) is 1. The number of aryl methyl sites for hydroxylation is 1. The molecule has 6 nitrogen and oxygen atoms in total. The van der Waals surface area contributed by atoms with Crippen LogP contribution in [0.4, 0.5) is 0 Å². The molecule has 1 unspecified atom stereocenters. The first kappa shape index (κ1) is 12.0. The summed E-state index contributed by atoms with van der Waals surface area (Å²) in [6.07, 6.45) is 1.51. The summed E-state index contributed by atoms with van der Waals surface area (Å²) in [6, 6.07) is 1.87. The number of carboxylic acids is 1. The summed E-state index contributed by atoms with van der Waals surface area (Å²) < 4.78 is 1.25. The molecule has 1 heterocycles. The van der Waals surface area contributed by atoms with Crippen molar-refractivity contribution in [1.82, 2.24) is 9.88 Å². The van der Waals surface area contributed by atoms with Gasteiger partial charge in [0.2, 0.25) is 0 Å². The molecule has 1 amide bonds. The Morgan fingerprint density at radius 3 is 2.69 bits per heavy atom. The predicted molar refractivity (Wildman–Crippen MR) is 56.2 cm³/mol. The summed E-state index contributed by atoms with van der Waals surface area (Å²) in [4.78, 5) is 33.6. The average Bonchev–Trinajstić information content (AvgIpc) is 2.21. The van der Waals surface area contributed by atoms with Gasteiger partial charge < -0.3 is 15.0 Å². The second-order valence-corrected chi connectivity index (χ2v) is 3.37. The molecule has 0 saturated carbocycles. The van der Waals surface area contributed by atoms with Crippen molar-refractivity contribution in [3.8, 4) is 0 Å². The van der Waals surface area contributed by atoms with Gasteiger partial charge in [-0.1, -0.05) is 0 Å². The molecule has 0 aliphatic heterocycles. The van der Waals surface area contributed by atoms with Crippen molar-refractivity contribution in [2.75, 3.05) is 0 Å². The molecular formula is C10H12N2O4. The van der Waals surface area contributed by atoms with E-state index in [4.69, 9.17) is 5.11 Å². The number of carboxylic acid groups (broad SMARTS) is 1. The number of rotatable bonds is 3. The first-order chi connectivity index (χ1) is 7.43. The van der Waals surface area contributed by atoms with Crippen LogP contribution in [0.5, 0.6) is 0 Å². The topological polar surface area (TPSA) is 88.4 Å². The minimum absolute atomic E-state index is 0.0712. The van der Waals surface area contributed by atoms with Crippen molar-refractivity contribution in [3.63, 3.8) is 0 Å². The molecule has 86 valence electrons. The Morgan fingerprint density at radius 2 is 2.12 bits per heavy atom. The zero-order valence-corrected chi connectivity index (χ0v) is 8.93. The molecule has 16 heavy (non-hydrogen) atoms. The highest BCUT2D eigenvalue weighted by Crippen LogP contribution is 1.92. The number of nitrogens with zero attached hydrogens (tertiary/aromatic N) is 1. The maximum atomic E-state index is 11.5. The Kier molecular flexibility index (Phi) is 3.44. The van der Waals surface area contributed by atoms with Gasteiger partial charge in [0.15, 0.2) is 0 Å². The lowest BCUT2D eigenvalue weighted by molar-refractivity contribution is -0.138. The van der Waals surface area contributed by atoms with E-state index in [0.717, 1.165) is 0 Å². The monoisotopic (exact) mass is 224 g/mol. The summed E-state index contributed by atoms with van der Waals surface area (Å²) in [5, 5.41) is 10.8. The first-order valence-electron chi connectivity index (χ1n) is 4.63. The Hall–Kier alpha value is -2.11. The fraction of sp³-hybridized carbons (Fsp3) is 0.300. The lowest BCUT2D eigenvalue weighted by Crippen LogP contribution is -2.41. The van der Waals surface area contributed by atoms with E-state index in [9.17, 15) is 14.4 Å². The van der Waals surface area contributed by atoms with Crippen molar-refractivity contribution < 1.29 is 14.7 Å². The molecule has 0 radical (unpaired) electrons. The van der Waals surface area contributed by atoms with E-state index in [2.05, 4.69) is 5.32 Å². The molecule has 6 heteroatoms. The van der Waals surface area contributed by atoms with E-state index in [0.29, 0.717) is 0 Å². The predicted octanol–water partition coefficient (Wildman–Crippen LogP) is -0.412. The maximum absolute atomic E-state index is 11.5. The third-order valence-corrected chi connectivity index (χ3v) is 2.09. The summed E-state index contributed by atoms with van der Waals surface area (Å²) >= 11 is 0. The van der Waals surface area contributed by atoms with Gasteiger partial charge in [-0.25, -0.2) is 0 Å². The smallest absolute Gasteiger partial charge is 0.325 e. The quantitative estimate of drug-likeness (QED) is 0.730. The van der Waals surface area contributed by atoms with Crippen molar-refractivity contribution in [1.29, 1.82) is 0 Å². The number of hydrogen-bond acceptors (Lipinski definition) is 3. The zero-order chi connectivity index (χ0) is 12.3. The number of aromatic nitrogens is 1. The normalized spacial score (nSPS) is 11.9. The number of pyridine rings is 1. The second kappa shape index (κ2) is 4.61. The molecule has 0 bridgehead atoms. The second-order valence-electron chi connectivity index (χ2n) is 3.37. The van der Waals surface area contributed by atoms with E-state index in [1.165, 1.54) is 30.8 Å². The summed E-state index contributed by atoms with van der Waals surface area (Å²) in [6.45, 7) is 1.33. The van der Waals surface area contributed by atoms with Crippen molar-refractivity contribution in [3.05, 3.63) is 34.2 Å². The van der Waals surface area contributed by atoms with Crippen molar-refractivity contribution in [2.45, 2.75) is 13.0 Å². The molecule has 1 atom stereocenters. The van der Waals surface area contributed by atoms with E-state index in [-0.39, 0.29) is 5.56 Å². The lowest BCUT2D eigenvalue weighted by Gasteiger charge is -2.09. The Bertz CT molecular complexity index is 478. The van der Waals surface area contributed by atoms with E-state index >= 15 is 0 Å². The third-order valence-electron chi connectivity index (χ3n) is 2.09. The third kappa shape index (κ3) is 2.47. The van der Waals surface area contributed by atoms with Crippen molar-refractivity contribution in [2.24, 2.45) is 7.05 Å². The number of carbonyl (C=O) groups excluding carboxylic acids is 1. The Labute approximate surface area is 91.5 Å². The standard InChI is InChI=1S/C10H12N2O4/c1-6(10(15)16)11-8(13)7-4-3-5-12(2)9(7)14/h3-6H,1-2H3,(H,11,13)(H,15,16). The number of carbonyl (C=O) groups is 2. The van der Waals surface area contributed by atoms with Crippen LogP contribution in [0.25, 0.3) is 0 Å². The van der Waals surface area contributed by atoms with Crippen LogP contribution in [-0.4, -0.2) is 27.6 Å². The van der Waals surface area contributed by atoms with Gasteiger partial charge in [-0.3, -0.25) is 14.4 Å². The van der Waals surface area contributed by atoms with Crippen LogP contribution in [-0.2, 0) is 11.8 Å². The van der Waals surface area contributed by atoms with Crippen LogP contribution < -0.4 is 10.9 Å². The Balaban J connectivity index is 2.94. The van der Waals surface area contributed by atoms with Gasteiger partial charge in [0.05, 0.1) is 0 Å². The fourth-order valence-electron chi connectivity index (χ4n) is 1.11. The highest BCUT2D eigenvalue weighted by Gasteiger charge is 2.17. The fourth-order valence-corrected chi connectivity index (χ4v) is 1.11. The molecule has 0 spiro atoms. The molecule has 2 N–H and O–H groups in total. The zero-order valence-electron chi connectivity index (χ0n) is 8.93. The minimum atomic E-state index is -1.15. The number of hydrogen-bond donors (Lipinski definition) is 2. The van der Waals surface area contributed by atoms with Gasteiger partial charge in [0, 0.05) is 13.2 Å². The summed E-state index contributed by atoms with van der Waals surface area (Å²) in [5.41, 5.74) is -0.532. The minimum Gasteiger partial charge on any atom is -0.480 e. The van der Waals surface area contributed by atoms with Gasteiger partial charge in [0.25, 0.3) is 11.5 Å². The molecule has 0 aromatic carbocycles. The highest BCUT2D eigenvalue weighted by molar-refractivity contribution is 5.96.